The van der Waals surface area contributed by atoms with E-state index in [0.717, 1.165) is 24.8 Å². The number of amides is 6. The fraction of sp³-hybridized carbons (Fsp3) is 0.636. The summed E-state index contributed by atoms with van der Waals surface area (Å²) in [6.45, 7) is 20.8. The number of ether oxygens (including phenoxy) is 1. The van der Waals surface area contributed by atoms with Gasteiger partial charge in [0.15, 0.2) is 0 Å². The number of primary amides is 1. The molecule has 0 saturated carbocycles. The van der Waals surface area contributed by atoms with E-state index in [9.17, 15) is 28.8 Å². The summed E-state index contributed by atoms with van der Waals surface area (Å²) in [4.78, 5) is 64.2. The Morgan fingerprint density at radius 2 is 1.43 bits per heavy atom. The Morgan fingerprint density at radius 3 is 1.87 bits per heavy atom. The second-order valence-electron chi connectivity index (χ2n) is 9.58. The topological polar surface area (TPSA) is 198 Å². The van der Waals surface area contributed by atoms with Gasteiger partial charge in [-0.15, -0.1) is 0 Å². The molecule has 0 radical (unpaired) electrons. The van der Waals surface area contributed by atoms with E-state index >= 15 is 0 Å². The molecule has 46 heavy (non-hydrogen) atoms. The zero-order valence-electron chi connectivity index (χ0n) is 29.8. The molecule has 0 aliphatic heterocycles. The normalized spacial score (nSPS) is 9.72. The van der Waals surface area contributed by atoms with Gasteiger partial charge in [-0.1, -0.05) is 67.5 Å². The second kappa shape index (κ2) is 35.3. The van der Waals surface area contributed by atoms with Crippen molar-refractivity contribution in [2.45, 2.75) is 114 Å². The van der Waals surface area contributed by atoms with Crippen molar-refractivity contribution in [1.82, 2.24) is 21.3 Å². The van der Waals surface area contributed by atoms with Crippen molar-refractivity contribution in [3.63, 3.8) is 0 Å². The van der Waals surface area contributed by atoms with Gasteiger partial charge < -0.3 is 37.1 Å². The van der Waals surface area contributed by atoms with Crippen LogP contribution in [0.4, 0.5) is 10.5 Å². The molecule has 0 aliphatic carbocycles. The molecule has 1 aromatic carbocycles. The summed E-state index contributed by atoms with van der Waals surface area (Å²) in [5.74, 6) is -0.0131. The molecule has 1 rings (SSSR count). The van der Waals surface area contributed by atoms with Crippen LogP contribution in [-0.4, -0.2) is 61.8 Å². The number of nitrogens with one attached hydrogen (secondary N) is 5. The van der Waals surface area contributed by atoms with Gasteiger partial charge in [0.05, 0.1) is 6.54 Å². The molecule has 7 N–H and O–H groups in total. The Balaban J connectivity index is -0.000000293. The number of nitrogens with two attached hydrogens (primary N) is 1. The largest absolute Gasteiger partial charge is 0.461 e. The van der Waals surface area contributed by atoms with Gasteiger partial charge in [-0.05, 0) is 49.8 Å². The molecule has 1 unspecified atom stereocenters. The third-order valence-corrected chi connectivity index (χ3v) is 5.44. The maximum Gasteiger partial charge on any atom is 0.312 e. The van der Waals surface area contributed by atoms with Crippen molar-refractivity contribution in [2.75, 3.05) is 25.0 Å². The van der Waals surface area contributed by atoms with Crippen LogP contribution in [-0.2, 0) is 35.3 Å². The number of rotatable bonds is 16. The molecule has 13 nitrogen and oxygen atoms in total. The van der Waals surface area contributed by atoms with Gasteiger partial charge in [0, 0.05) is 44.6 Å². The molecule has 0 heterocycles. The Bertz CT molecular complexity index is 941. The Hall–Kier alpha value is -4.16. The van der Waals surface area contributed by atoms with Crippen LogP contribution < -0.4 is 32.3 Å². The van der Waals surface area contributed by atoms with E-state index < -0.39 is 6.03 Å². The van der Waals surface area contributed by atoms with Gasteiger partial charge in [0.25, 0.3) is 0 Å². The number of benzene rings is 1. The number of hydrogen-bond acceptors (Lipinski definition) is 7. The molecular formula is C33H62N6O7. The molecule has 0 aromatic heterocycles. The minimum absolute atomic E-state index is 0.0707. The lowest BCUT2D eigenvalue weighted by Gasteiger charge is -2.17. The molecule has 1 atom stereocenters. The van der Waals surface area contributed by atoms with Crippen LogP contribution >= 0.6 is 0 Å². The lowest BCUT2D eigenvalue weighted by atomic mass is 10.1. The van der Waals surface area contributed by atoms with Crippen molar-refractivity contribution in [2.24, 2.45) is 11.7 Å². The predicted molar refractivity (Wildman–Crippen MR) is 185 cm³/mol. The predicted octanol–water partition coefficient (Wildman–Crippen LogP) is 4.39. The van der Waals surface area contributed by atoms with E-state index in [2.05, 4.69) is 40.4 Å². The highest BCUT2D eigenvalue weighted by atomic mass is 16.5. The van der Waals surface area contributed by atoms with E-state index in [4.69, 9.17) is 10.5 Å². The molecule has 6 amide bonds. The highest BCUT2D eigenvalue weighted by Crippen LogP contribution is 2.10. The molecule has 0 bridgehead atoms. The summed E-state index contributed by atoms with van der Waals surface area (Å²) in [7, 11) is 0. The van der Waals surface area contributed by atoms with Crippen LogP contribution in [0.2, 0.25) is 0 Å². The minimum atomic E-state index is -0.443. The summed E-state index contributed by atoms with van der Waals surface area (Å²) in [6.07, 6.45) is 4.13. The van der Waals surface area contributed by atoms with Crippen LogP contribution in [0.5, 0.6) is 0 Å². The van der Waals surface area contributed by atoms with Crippen molar-refractivity contribution < 1.29 is 33.5 Å². The smallest absolute Gasteiger partial charge is 0.312 e. The molecule has 0 fully saturated rings. The Kier molecular flexibility index (Phi) is 37.4. The van der Waals surface area contributed by atoms with Crippen molar-refractivity contribution in [3.05, 3.63) is 29.8 Å². The van der Waals surface area contributed by atoms with Gasteiger partial charge in [-0.25, -0.2) is 4.79 Å². The van der Waals surface area contributed by atoms with Crippen molar-refractivity contribution in [1.29, 1.82) is 0 Å². The first-order valence-corrected chi connectivity index (χ1v) is 16.1. The molecule has 0 aliphatic rings. The van der Waals surface area contributed by atoms with Crippen LogP contribution in [0.25, 0.3) is 0 Å². The Labute approximate surface area is 276 Å². The van der Waals surface area contributed by atoms with Crippen molar-refractivity contribution >= 4 is 41.8 Å². The number of anilines is 1. The maximum atomic E-state index is 11.5. The summed E-state index contributed by atoms with van der Waals surface area (Å²) in [5.41, 5.74) is 6.17. The number of carbonyl (C=O) groups is 6. The van der Waals surface area contributed by atoms with Gasteiger partial charge >= 0.3 is 12.0 Å². The monoisotopic (exact) mass is 654 g/mol. The lowest BCUT2D eigenvalue weighted by Crippen LogP contribution is -2.36. The maximum absolute atomic E-state index is 11.5. The summed E-state index contributed by atoms with van der Waals surface area (Å²) >= 11 is 0. The van der Waals surface area contributed by atoms with Crippen molar-refractivity contribution in [3.8, 4) is 0 Å². The fourth-order valence-corrected chi connectivity index (χ4v) is 2.71. The minimum Gasteiger partial charge on any atom is -0.461 e. The van der Waals surface area contributed by atoms with Crippen LogP contribution in [0.1, 0.15) is 107 Å². The SMILES string of the molecule is CC.CC.CC(=O)OCc1ccc(NC(=O)CNC=O)cc1.CCC(=O)NCCCCC(=O)NC(C)C(C)C.CCCNC(N)=O. The fourth-order valence-electron chi connectivity index (χ4n) is 2.71. The zero-order valence-corrected chi connectivity index (χ0v) is 29.8. The Morgan fingerprint density at radius 1 is 0.848 bits per heavy atom. The molecular weight excluding hydrogens is 592 g/mol. The summed E-state index contributed by atoms with van der Waals surface area (Å²) in [5, 5.41) is 13.1. The number of hydrogen-bond donors (Lipinski definition) is 6. The number of unbranched alkanes of at least 4 members (excludes halogenated alkanes) is 1. The first kappa shape index (κ1) is 48.7. The number of esters is 1. The first-order valence-electron chi connectivity index (χ1n) is 16.1. The molecule has 0 saturated heterocycles. The van der Waals surface area contributed by atoms with E-state index in [1.54, 1.807) is 24.3 Å². The van der Waals surface area contributed by atoms with Crippen LogP contribution in [0.15, 0.2) is 24.3 Å². The lowest BCUT2D eigenvalue weighted by molar-refractivity contribution is -0.142. The number of urea groups is 1. The average Bonchev–Trinajstić information content (AvgIpc) is 3.04. The molecule has 0 spiro atoms. The molecule has 13 heteroatoms. The average molecular weight is 655 g/mol. The third kappa shape index (κ3) is 36.0. The number of carbonyl (C=O) groups excluding carboxylic acids is 6. The molecule has 266 valence electrons. The highest BCUT2D eigenvalue weighted by Gasteiger charge is 2.10. The van der Waals surface area contributed by atoms with E-state index in [0.29, 0.717) is 43.9 Å². The van der Waals surface area contributed by atoms with Gasteiger partial charge in [0.1, 0.15) is 6.61 Å². The van der Waals surface area contributed by atoms with Crippen LogP contribution in [0, 0.1) is 5.92 Å². The van der Waals surface area contributed by atoms with Crippen LogP contribution in [0.3, 0.4) is 0 Å². The van der Waals surface area contributed by atoms with E-state index in [-0.39, 0.29) is 42.9 Å². The van der Waals surface area contributed by atoms with Gasteiger partial charge in [-0.3, -0.25) is 24.0 Å². The highest BCUT2D eigenvalue weighted by molar-refractivity contribution is 5.93. The summed E-state index contributed by atoms with van der Waals surface area (Å²) < 4.78 is 4.83. The van der Waals surface area contributed by atoms with E-state index in [1.165, 1.54) is 6.92 Å². The van der Waals surface area contributed by atoms with E-state index in [1.807, 2.05) is 48.5 Å². The summed E-state index contributed by atoms with van der Waals surface area (Å²) in [6, 6.07) is 6.65. The van der Waals surface area contributed by atoms with Gasteiger partial charge in [0.2, 0.25) is 24.1 Å². The first-order chi connectivity index (χ1) is 21.9. The quantitative estimate of drug-likeness (QED) is 0.0862. The second-order valence-corrected chi connectivity index (χ2v) is 9.58. The van der Waals surface area contributed by atoms with Gasteiger partial charge in [-0.2, -0.15) is 0 Å². The third-order valence-electron chi connectivity index (χ3n) is 5.44. The standard InChI is InChI=1S/C13H26N2O2.C12H14N2O4.C4H10N2O.2C2H6/c1-5-12(16)14-9-7-6-8-13(17)15-11(4)10(2)3;1-9(16)18-7-10-2-4-11(5-3-10)14-12(17)6-13-8-15;1-2-3-6-4(5)7;2*1-2/h10-11H,5-9H2,1-4H3,(H,14,16)(H,15,17);2-5,8H,6-7H2,1H3,(H,13,15)(H,14,17);2-3H2,1H3,(H3,5,6,7);2*1-2H3. The molecule has 1 aromatic rings. The zero-order chi connectivity index (χ0) is 36.3.